The summed E-state index contributed by atoms with van der Waals surface area (Å²) in [7, 11) is -1.27. The minimum atomic E-state index is -1.27. The summed E-state index contributed by atoms with van der Waals surface area (Å²) in [5, 5.41) is 0. The van der Waals surface area contributed by atoms with Gasteiger partial charge in [-0.25, -0.2) is 0 Å². The van der Waals surface area contributed by atoms with Crippen LogP contribution in [0.4, 0.5) is 5.69 Å². The topological polar surface area (TPSA) is 12.0 Å². The molecule has 0 aromatic heterocycles. The third-order valence-electron chi connectivity index (χ3n) is 1.46. The molecule has 0 saturated carbocycles. The van der Waals surface area contributed by atoms with E-state index in [1.165, 1.54) is 5.69 Å². The Balaban J connectivity index is 3.00. The molecule has 1 aromatic carbocycles. The molecule has 72 valence electrons. The van der Waals surface area contributed by atoms with E-state index in [1.54, 1.807) is 0 Å². The lowest BCUT2D eigenvalue weighted by Crippen LogP contribution is -2.32. The molecular weight excluding hydrogens is 310 g/mol. The maximum Gasteiger partial charge on any atom is 0.144 e. The molecule has 0 radical (unpaired) electrons. The second-order valence-electron chi connectivity index (χ2n) is 3.97. The second kappa shape index (κ2) is 4.15. The molecule has 0 unspecified atom stereocenters. The van der Waals surface area contributed by atoms with Gasteiger partial charge in [-0.3, -0.25) is 0 Å². The quantitative estimate of drug-likeness (QED) is 0.793. The van der Waals surface area contributed by atoms with Crippen LogP contribution in [-0.2, 0) is 0 Å². The Labute approximate surface area is 97.3 Å². The predicted octanol–water partition coefficient (Wildman–Crippen LogP) is 4.46. The molecular formula is C9H13Br2NSi. The van der Waals surface area contributed by atoms with Crippen LogP contribution in [0, 0.1) is 0 Å². The minimum absolute atomic E-state index is 1.12. The van der Waals surface area contributed by atoms with E-state index >= 15 is 0 Å². The van der Waals surface area contributed by atoms with Crippen molar-refractivity contribution >= 4 is 45.8 Å². The van der Waals surface area contributed by atoms with Crippen LogP contribution in [0.5, 0.6) is 0 Å². The van der Waals surface area contributed by atoms with Crippen LogP contribution < -0.4 is 4.98 Å². The molecule has 1 nitrogen and oxygen atoms in total. The number of rotatable bonds is 2. The Kier molecular flexibility index (Phi) is 3.60. The van der Waals surface area contributed by atoms with Gasteiger partial charge in [0.1, 0.15) is 8.24 Å². The number of halogens is 2. The Hall–Kier alpha value is 0.197. The maximum atomic E-state index is 3.56. The van der Waals surface area contributed by atoms with Crippen LogP contribution in [0.2, 0.25) is 19.6 Å². The first-order chi connectivity index (χ1) is 5.90. The monoisotopic (exact) mass is 321 g/mol. The van der Waals surface area contributed by atoms with Crippen molar-refractivity contribution in [1.29, 1.82) is 0 Å². The normalized spacial score (nSPS) is 11.5. The van der Waals surface area contributed by atoms with Crippen molar-refractivity contribution in [3.05, 3.63) is 27.1 Å². The first kappa shape index (κ1) is 11.3. The highest BCUT2D eigenvalue weighted by molar-refractivity contribution is 9.11. The van der Waals surface area contributed by atoms with Crippen LogP contribution >= 0.6 is 31.9 Å². The molecule has 1 N–H and O–H groups in total. The molecule has 0 spiro atoms. The number of benzene rings is 1. The summed E-state index contributed by atoms with van der Waals surface area (Å²) < 4.78 is 2.23. The number of para-hydroxylation sites is 1. The SMILES string of the molecule is C[Si](C)(C)Nc1c(Br)cccc1Br. The van der Waals surface area contributed by atoms with Gasteiger partial charge in [0.15, 0.2) is 0 Å². The fourth-order valence-electron chi connectivity index (χ4n) is 0.992. The second-order valence-corrected chi connectivity index (χ2v) is 10.4. The Bertz CT molecular complexity index is 287. The molecule has 1 aromatic rings. The molecule has 4 heteroatoms. The van der Waals surface area contributed by atoms with Gasteiger partial charge in [0.25, 0.3) is 0 Å². The minimum Gasteiger partial charge on any atom is -0.409 e. The third kappa shape index (κ3) is 3.44. The zero-order valence-corrected chi connectivity index (χ0v) is 12.2. The van der Waals surface area contributed by atoms with Gasteiger partial charge in [0, 0.05) is 8.95 Å². The van der Waals surface area contributed by atoms with Gasteiger partial charge in [-0.2, -0.15) is 0 Å². The van der Waals surface area contributed by atoms with Crippen molar-refractivity contribution in [1.82, 2.24) is 0 Å². The fourth-order valence-corrected chi connectivity index (χ4v) is 3.57. The van der Waals surface area contributed by atoms with E-state index in [9.17, 15) is 0 Å². The molecule has 0 aliphatic carbocycles. The van der Waals surface area contributed by atoms with Crippen molar-refractivity contribution in [3.63, 3.8) is 0 Å². The summed E-state index contributed by atoms with van der Waals surface area (Å²) in [4.78, 5) is 3.56. The lowest BCUT2D eigenvalue weighted by atomic mass is 10.3. The van der Waals surface area contributed by atoms with Crippen LogP contribution in [0.15, 0.2) is 27.1 Å². The largest absolute Gasteiger partial charge is 0.409 e. The predicted molar refractivity (Wildman–Crippen MR) is 68.8 cm³/mol. The molecule has 0 bridgehead atoms. The smallest absolute Gasteiger partial charge is 0.144 e. The van der Waals surface area contributed by atoms with Gasteiger partial charge < -0.3 is 4.98 Å². The summed E-state index contributed by atoms with van der Waals surface area (Å²) in [5.74, 6) is 0. The Morgan fingerprint density at radius 2 is 1.54 bits per heavy atom. The standard InChI is InChI=1S/C9H13Br2NSi/c1-13(2,3)12-9-7(10)5-4-6-8(9)11/h4-6,12H,1-3H3. The summed E-state index contributed by atoms with van der Waals surface area (Å²) in [5.41, 5.74) is 1.17. The summed E-state index contributed by atoms with van der Waals surface area (Å²) in [6.45, 7) is 6.83. The van der Waals surface area contributed by atoms with E-state index in [1.807, 2.05) is 18.2 Å². The average molecular weight is 323 g/mol. The molecule has 13 heavy (non-hydrogen) atoms. The Morgan fingerprint density at radius 1 is 1.08 bits per heavy atom. The highest BCUT2D eigenvalue weighted by Crippen LogP contribution is 2.31. The number of hydrogen-bond donors (Lipinski definition) is 1. The van der Waals surface area contributed by atoms with E-state index in [0.29, 0.717) is 0 Å². The summed E-state index contributed by atoms with van der Waals surface area (Å²) >= 11 is 7.06. The number of nitrogens with one attached hydrogen (secondary N) is 1. The summed E-state index contributed by atoms with van der Waals surface area (Å²) in [6.07, 6.45) is 0. The number of anilines is 1. The van der Waals surface area contributed by atoms with Gasteiger partial charge in [0.2, 0.25) is 0 Å². The average Bonchev–Trinajstić information content (AvgIpc) is 1.95. The van der Waals surface area contributed by atoms with Gasteiger partial charge in [-0.05, 0) is 44.0 Å². The number of hydrogen-bond acceptors (Lipinski definition) is 1. The lowest BCUT2D eigenvalue weighted by molar-refractivity contribution is 1.52. The van der Waals surface area contributed by atoms with E-state index in [-0.39, 0.29) is 0 Å². The van der Waals surface area contributed by atoms with Crippen molar-refractivity contribution < 1.29 is 0 Å². The van der Waals surface area contributed by atoms with Crippen molar-refractivity contribution in [2.75, 3.05) is 4.98 Å². The highest BCUT2D eigenvalue weighted by Gasteiger charge is 2.15. The third-order valence-corrected chi connectivity index (χ3v) is 3.78. The molecule has 0 amide bonds. The molecule has 0 atom stereocenters. The van der Waals surface area contributed by atoms with Gasteiger partial charge >= 0.3 is 0 Å². The Morgan fingerprint density at radius 3 is 1.92 bits per heavy atom. The van der Waals surface area contributed by atoms with Crippen molar-refractivity contribution in [3.8, 4) is 0 Å². The highest BCUT2D eigenvalue weighted by atomic mass is 79.9. The van der Waals surface area contributed by atoms with E-state index in [2.05, 4.69) is 56.5 Å². The van der Waals surface area contributed by atoms with Crippen molar-refractivity contribution in [2.24, 2.45) is 0 Å². The molecule has 1 rings (SSSR count). The summed E-state index contributed by atoms with van der Waals surface area (Å²) in [6, 6.07) is 6.12. The molecule has 0 heterocycles. The molecule has 0 saturated heterocycles. The van der Waals surface area contributed by atoms with Crippen LogP contribution in [0.3, 0.4) is 0 Å². The van der Waals surface area contributed by atoms with Crippen LogP contribution in [0.1, 0.15) is 0 Å². The zero-order chi connectivity index (χ0) is 10.1. The van der Waals surface area contributed by atoms with Gasteiger partial charge in [-0.15, -0.1) is 0 Å². The van der Waals surface area contributed by atoms with E-state index in [0.717, 1.165) is 8.95 Å². The fraction of sp³-hybridized carbons (Fsp3) is 0.333. The van der Waals surface area contributed by atoms with Gasteiger partial charge in [0.05, 0.1) is 5.69 Å². The zero-order valence-electron chi connectivity index (χ0n) is 7.99. The first-order valence-corrected chi connectivity index (χ1v) is 9.21. The van der Waals surface area contributed by atoms with Gasteiger partial charge in [-0.1, -0.05) is 25.7 Å². The van der Waals surface area contributed by atoms with Crippen LogP contribution in [-0.4, -0.2) is 8.24 Å². The molecule has 0 fully saturated rings. The maximum absolute atomic E-state index is 3.56. The van der Waals surface area contributed by atoms with E-state index < -0.39 is 8.24 Å². The molecule has 0 aliphatic rings. The first-order valence-electron chi connectivity index (χ1n) is 4.12. The van der Waals surface area contributed by atoms with Crippen LogP contribution in [0.25, 0.3) is 0 Å². The van der Waals surface area contributed by atoms with E-state index in [4.69, 9.17) is 0 Å². The van der Waals surface area contributed by atoms with Crippen molar-refractivity contribution in [2.45, 2.75) is 19.6 Å². The molecule has 0 aliphatic heterocycles. The lowest BCUT2D eigenvalue weighted by Gasteiger charge is -2.21.